The van der Waals surface area contributed by atoms with E-state index in [2.05, 4.69) is 5.32 Å². The predicted octanol–water partition coefficient (Wildman–Crippen LogP) is 4.20. The second-order valence-corrected chi connectivity index (χ2v) is 6.39. The Hall–Kier alpha value is -2.69. The lowest BCUT2D eigenvalue weighted by Crippen LogP contribution is -2.36. The van der Waals surface area contributed by atoms with Crippen LogP contribution in [0.25, 0.3) is 0 Å². The SMILES string of the molecule is CC(=O)Nc1ccc(OC(=O)C2(c3ccc(F)cc3)CCCC2)cc1. The molecule has 1 aliphatic rings. The standard InChI is InChI=1S/C20H20FNO3/c1-14(23)22-17-8-10-18(11-9-17)25-19(24)20(12-2-3-13-20)15-4-6-16(21)7-5-15/h4-11H,2-3,12-13H2,1H3,(H,22,23). The van der Waals surface area contributed by atoms with Gasteiger partial charge in [-0.2, -0.15) is 0 Å². The number of nitrogens with one attached hydrogen (secondary N) is 1. The van der Waals surface area contributed by atoms with Crippen LogP contribution in [0.2, 0.25) is 0 Å². The van der Waals surface area contributed by atoms with Crippen LogP contribution in [0.15, 0.2) is 48.5 Å². The van der Waals surface area contributed by atoms with Gasteiger partial charge in [-0.15, -0.1) is 0 Å². The van der Waals surface area contributed by atoms with E-state index in [1.807, 2.05) is 0 Å². The highest BCUT2D eigenvalue weighted by Gasteiger charge is 2.44. The van der Waals surface area contributed by atoms with Crippen LogP contribution in [0.3, 0.4) is 0 Å². The molecule has 0 spiro atoms. The van der Waals surface area contributed by atoms with Gasteiger partial charge in [0, 0.05) is 12.6 Å². The van der Waals surface area contributed by atoms with Crippen LogP contribution in [0.1, 0.15) is 38.2 Å². The molecule has 0 radical (unpaired) electrons. The Balaban J connectivity index is 1.79. The average Bonchev–Trinajstić information content (AvgIpc) is 3.08. The molecule has 0 bridgehead atoms. The van der Waals surface area contributed by atoms with Crippen molar-refractivity contribution in [3.63, 3.8) is 0 Å². The van der Waals surface area contributed by atoms with Crippen molar-refractivity contribution in [2.45, 2.75) is 38.0 Å². The molecule has 0 saturated heterocycles. The Labute approximate surface area is 146 Å². The van der Waals surface area contributed by atoms with Crippen molar-refractivity contribution in [1.29, 1.82) is 0 Å². The van der Waals surface area contributed by atoms with Crippen molar-refractivity contribution in [2.24, 2.45) is 0 Å². The van der Waals surface area contributed by atoms with Gasteiger partial charge in [0.05, 0.1) is 5.41 Å². The van der Waals surface area contributed by atoms with Gasteiger partial charge in [-0.05, 0) is 54.8 Å². The van der Waals surface area contributed by atoms with Crippen molar-refractivity contribution in [2.75, 3.05) is 5.32 Å². The first kappa shape index (κ1) is 17.1. The summed E-state index contributed by atoms with van der Waals surface area (Å²) in [5.74, 6) is -0.374. The van der Waals surface area contributed by atoms with E-state index in [0.29, 0.717) is 24.3 Å². The number of carbonyl (C=O) groups excluding carboxylic acids is 2. The minimum absolute atomic E-state index is 0.161. The number of benzene rings is 2. The highest BCUT2D eigenvalue weighted by atomic mass is 19.1. The predicted molar refractivity (Wildman–Crippen MR) is 92.9 cm³/mol. The Morgan fingerprint density at radius 2 is 1.60 bits per heavy atom. The largest absolute Gasteiger partial charge is 0.426 e. The molecule has 3 rings (SSSR count). The summed E-state index contributed by atoms with van der Waals surface area (Å²) < 4.78 is 18.8. The molecule has 25 heavy (non-hydrogen) atoms. The van der Waals surface area contributed by atoms with E-state index < -0.39 is 5.41 Å². The quantitative estimate of drug-likeness (QED) is 0.670. The van der Waals surface area contributed by atoms with Gasteiger partial charge in [0.2, 0.25) is 5.91 Å². The number of ether oxygens (including phenoxy) is 1. The second kappa shape index (κ2) is 7.05. The topological polar surface area (TPSA) is 55.4 Å². The summed E-state index contributed by atoms with van der Waals surface area (Å²) in [6.07, 6.45) is 3.27. The molecule has 0 heterocycles. The van der Waals surface area contributed by atoms with E-state index in [1.54, 1.807) is 36.4 Å². The highest BCUT2D eigenvalue weighted by Crippen LogP contribution is 2.42. The van der Waals surface area contributed by atoms with Gasteiger partial charge in [0.25, 0.3) is 0 Å². The normalized spacial score (nSPS) is 15.6. The van der Waals surface area contributed by atoms with E-state index in [1.165, 1.54) is 19.1 Å². The van der Waals surface area contributed by atoms with Gasteiger partial charge >= 0.3 is 5.97 Å². The Morgan fingerprint density at radius 1 is 1.00 bits per heavy atom. The Morgan fingerprint density at radius 3 is 2.16 bits per heavy atom. The number of halogens is 1. The zero-order valence-corrected chi connectivity index (χ0v) is 14.0. The molecule has 1 N–H and O–H groups in total. The summed E-state index contributed by atoms with van der Waals surface area (Å²) in [5, 5.41) is 2.66. The van der Waals surface area contributed by atoms with Gasteiger partial charge in [-0.3, -0.25) is 9.59 Å². The lowest BCUT2D eigenvalue weighted by molar-refractivity contribution is -0.140. The molecular weight excluding hydrogens is 321 g/mol. The third kappa shape index (κ3) is 3.71. The zero-order chi connectivity index (χ0) is 17.9. The van der Waals surface area contributed by atoms with Gasteiger partial charge < -0.3 is 10.1 Å². The van der Waals surface area contributed by atoms with Crippen LogP contribution in [-0.4, -0.2) is 11.9 Å². The summed E-state index contributed by atoms with van der Waals surface area (Å²) in [5.41, 5.74) is 0.719. The molecule has 0 aromatic heterocycles. The van der Waals surface area contributed by atoms with Crippen molar-refractivity contribution < 1.29 is 18.7 Å². The second-order valence-electron chi connectivity index (χ2n) is 6.39. The van der Waals surface area contributed by atoms with Crippen LogP contribution in [0, 0.1) is 5.82 Å². The maximum Gasteiger partial charge on any atom is 0.321 e. The molecule has 1 amide bonds. The Bertz CT molecular complexity index is 763. The maximum atomic E-state index is 13.2. The lowest BCUT2D eigenvalue weighted by atomic mass is 9.79. The average molecular weight is 341 g/mol. The smallest absolute Gasteiger partial charge is 0.321 e. The minimum atomic E-state index is -0.718. The lowest BCUT2D eigenvalue weighted by Gasteiger charge is -2.27. The van der Waals surface area contributed by atoms with Gasteiger partial charge in [-0.1, -0.05) is 25.0 Å². The van der Waals surface area contributed by atoms with Gasteiger partial charge in [-0.25, -0.2) is 4.39 Å². The summed E-state index contributed by atoms with van der Waals surface area (Å²) in [7, 11) is 0. The monoisotopic (exact) mass is 341 g/mol. The molecule has 2 aromatic carbocycles. The number of hydrogen-bond acceptors (Lipinski definition) is 3. The summed E-state index contributed by atoms with van der Waals surface area (Å²) in [6, 6.07) is 12.8. The first-order chi connectivity index (χ1) is 12.0. The van der Waals surface area contributed by atoms with Crippen LogP contribution < -0.4 is 10.1 Å². The number of hydrogen-bond donors (Lipinski definition) is 1. The van der Waals surface area contributed by atoms with Crippen molar-refractivity contribution >= 4 is 17.6 Å². The zero-order valence-electron chi connectivity index (χ0n) is 14.0. The van der Waals surface area contributed by atoms with Crippen LogP contribution in [0.4, 0.5) is 10.1 Å². The van der Waals surface area contributed by atoms with E-state index in [-0.39, 0.29) is 17.7 Å². The van der Waals surface area contributed by atoms with Crippen LogP contribution >= 0.6 is 0 Å². The van der Waals surface area contributed by atoms with Crippen LogP contribution in [0.5, 0.6) is 5.75 Å². The molecule has 1 aliphatic carbocycles. The fourth-order valence-corrected chi connectivity index (χ4v) is 3.37. The van der Waals surface area contributed by atoms with E-state index in [9.17, 15) is 14.0 Å². The summed E-state index contributed by atoms with van der Waals surface area (Å²) in [4.78, 5) is 23.9. The molecule has 1 fully saturated rings. The minimum Gasteiger partial charge on any atom is -0.426 e. The molecule has 1 saturated carbocycles. The van der Waals surface area contributed by atoms with E-state index in [4.69, 9.17) is 4.74 Å². The van der Waals surface area contributed by atoms with Gasteiger partial charge in [0.1, 0.15) is 11.6 Å². The number of esters is 1. The molecule has 4 nitrogen and oxygen atoms in total. The molecule has 2 aromatic rings. The van der Waals surface area contributed by atoms with E-state index >= 15 is 0 Å². The molecule has 0 unspecified atom stereocenters. The highest BCUT2D eigenvalue weighted by molar-refractivity contribution is 5.89. The van der Waals surface area contributed by atoms with Crippen molar-refractivity contribution in [3.05, 3.63) is 59.9 Å². The van der Waals surface area contributed by atoms with E-state index in [0.717, 1.165) is 18.4 Å². The number of amides is 1. The summed E-state index contributed by atoms with van der Waals surface area (Å²) in [6.45, 7) is 1.43. The molecule has 5 heteroatoms. The molecular formula is C20H20FNO3. The molecule has 130 valence electrons. The van der Waals surface area contributed by atoms with Crippen molar-refractivity contribution in [1.82, 2.24) is 0 Å². The van der Waals surface area contributed by atoms with Crippen molar-refractivity contribution in [3.8, 4) is 5.75 Å². The Kier molecular flexibility index (Phi) is 4.83. The van der Waals surface area contributed by atoms with Crippen LogP contribution in [-0.2, 0) is 15.0 Å². The third-order valence-corrected chi connectivity index (χ3v) is 4.63. The molecule has 0 aliphatic heterocycles. The number of carbonyl (C=O) groups is 2. The summed E-state index contributed by atoms with van der Waals surface area (Å²) >= 11 is 0. The fraction of sp³-hybridized carbons (Fsp3) is 0.300. The first-order valence-electron chi connectivity index (χ1n) is 8.36. The number of rotatable bonds is 4. The molecule has 0 atom stereocenters. The fourth-order valence-electron chi connectivity index (χ4n) is 3.37. The van der Waals surface area contributed by atoms with Gasteiger partial charge in [0.15, 0.2) is 0 Å². The first-order valence-corrected chi connectivity index (χ1v) is 8.36. The maximum absolute atomic E-state index is 13.2. The third-order valence-electron chi connectivity index (χ3n) is 4.63. The number of anilines is 1.